The smallest absolute Gasteiger partial charge is 0.253 e. The fraction of sp³-hybridized carbons (Fsp3) is 0.100. The highest BCUT2D eigenvalue weighted by Crippen LogP contribution is 2.28. The van der Waals surface area contributed by atoms with Crippen molar-refractivity contribution in [3.8, 4) is 0 Å². The Morgan fingerprint density at radius 3 is 2.54 bits per heavy atom. The number of carbonyl (C=O) groups excluding carboxylic acids is 1. The molecule has 1 aromatic heterocycles. The van der Waals surface area contributed by atoms with E-state index in [1.807, 2.05) is 31.2 Å². The lowest BCUT2D eigenvalue weighted by atomic mass is 10.1. The molecule has 0 aliphatic rings. The third-order valence-electron chi connectivity index (χ3n) is 3.78. The molecule has 0 aliphatic heterocycles. The summed E-state index contributed by atoms with van der Waals surface area (Å²) in [5, 5.41) is 7.09. The Morgan fingerprint density at radius 2 is 1.81 bits per heavy atom. The number of carbonyl (C=O) groups is 1. The number of nitrogens with zero attached hydrogens (tertiary/aromatic N) is 1. The number of halogens is 2. The molecular weight excluding hydrogens is 369 g/mol. The molecule has 0 spiro atoms. The fourth-order valence-corrected chi connectivity index (χ4v) is 2.82. The first-order chi connectivity index (χ1) is 12.5. The fourth-order valence-electron chi connectivity index (χ4n) is 2.37. The molecule has 0 saturated heterocycles. The van der Waals surface area contributed by atoms with Crippen molar-refractivity contribution >= 4 is 40.5 Å². The molecule has 3 rings (SSSR count). The highest BCUT2D eigenvalue weighted by atomic mass is 35.5. The molecule has 0 bridgehead atoms. The van der Waals surface area contributed by atoms with Gasteiger partial charge in [-0.25, -0.2) is 0 Å². The van der Waals surface area contributed by atoms with Gasteiger partial charge >= 0.3 is 0 Å². The van der Waals surface area contributed by atoms with Gasteiger partial charge in [0.1, 0.15) is 0 Å². The lowest BCUT2D eigenvalue weighted by molar-refractivity contribution is 0.0950. The topological polar surface area (TPSA) is 54.0 Å². The number of aromatic nitrogens is 1. The molecule has 0 atom stereocenters. The molecule has 0 unspecified atom stereocenters. The summed E-state index contributed by atoms with van der Waals surface area (Å²) < 4.78 is 0. The summed E-state index contributed by atoms with van der Waals surface area (Å²) in [4.78, 5) is 16.5. The van der Waals surface area contributed by atoms with Gasteiger partial charge in [-0.05, 0) is 36.8 Å². The molecule has 0 aliphatic carbocycles. The number of hydrogen-bond donors (Lipinski definition) is 2. The summed E-state index contributed by atoms with van der Waals surface area (Å²) in [5.74, 6) is -0.191. The lowest BCUT2D eigenvalue weighted by Gasteiger charge is -2.10. The molecule has 132 valence electrons. The van der Waals surface area contributed by atoms with Crippen LogP contribution < -0.4 is 10.6 Å². The first-order valence-corrected chi connectivity index (χ1v) is 8.78. The van der Waals surface area contributed by atoms with Crippen molar-refractivity contribution in [3.63, 3.8) is 0 Å². The quantitative estimate of drug-likeness (QED) is 0.620. The van der Waals surface area contributed by atoms with Gasteiger partial charge in [-0.1, -0.05) is 53.0 Å². The van der Waals surface area contributed by atoms with E-state index in [1.54, 1.807) is 30.5 Å². The number of nitrogens with one attached hydrogen (secondary N) is 2. The maximum atomic E-state index is 12.4. The second-order valence-electron chi connectivity index (χ2n) is 5.88. The lowest BCUT2D eigenvalue weighted by Crippen LogP contribution is -2.23. The van der Waals surface area contributed by atoms with Crippen molar-refractivity contribution in [2.45, 2.75) is 13.5 Å². The Labute approximate surface area is 162 Å². The molecule has 4 nitrogen and oxygen atoms in total. The highest BCUT2D eigenvalue weighted by molar-refractivity contribution is 6.36. The van der Waals surface area contributed by atoms with Crippen LogP contribution in [0.1, 0.15) is 21.5 Å². The van der Waals surface area contributed by atoms with Crippen molar-refractivity contribution in [2.24, 2.45) is 0 Å². The van der Waals surface area contributed by atoms with Gasteiger partial charge in [0.15, 0.2) is 0 Å². The molecular formula is C20H17Cl2N3O. The zero-order chi connectivity index (χ0) is 18.5. The van der Waals surface area contributed by atoms with Gasteiger partial charge in [-0.15, -0.1) is 0 Å². The van der Waals surface area contributed by atoms with Crippen LogP contribution in [-0.2, 0) is 6.54 Å². The molecule has 6 heteroatoms. The predicted molar refractivity (Wildman–Crippen MR) is 106 cm³/mol. The van der Waals surface area contributed by atoms with Crippen LogP contribution >= 0.6 is 23.2 Å². The number of anilines is 2. The van der Waals surface area contributed by atoms with E-state index in [9.17, 15) is 4.79 Å². The Balaban J connectivity index is 1.68. The Kier molecular flexibility index (Phi) is 5.76. The standard InChI is InChI=1S/C20H17Cl2N3O/c1-13-2-4-14(5-3-13)10-24-20(26)15-8-17(12-23-11-15)25-19-7-6-16(21)9-18(19)22/h2-9,11-12,25H,10H2,1H3,(H,24,26). The van der Waals surface area contributed by atoms with Crippen LogP contribution in [0.2, 0.25) is 10.0 Å². The van der Waals surface area contributed by atoms with Gasteiger partial charge in [0.25, 0.3) is 5.91 Å². The molecule has 0 fully saturated rings. The van der Waals surface area contributed by atoms with Gasteiger partial charge in [-0.3, -0.25) is 9.78 Å². The minimum atomic E-state index is -0.191. The van der Waals surface area contributed by atoms with E-state index in [-0.39, 0.29) is 5.91 Å². The minimum Gasteiger partial charge on any atom is -0.353 e. The Morgan fingerprint density at radius 1 is 1.04 bits per heavy atom. The average Bonchev–Trinajstić information content (AvgIpc) is 2.63. The van der Waals surface area contributed by atoms with Crippen LogP contribution in [-0.4, -0.2) is 10.9 Å². The van der Waals surface area contributed by atoms with Crippen molar-refractivity contribution in [1.29, 1.82) is 0 Å². The van der Waals surface area contributed by atoms with Crippen LogP contribution in [0.25, 0.3) is 0 Å². The maximum Gasteiger partial charge on any atom is 0.253 e. The van der Waals surface area contributed by atoms with Gasteiger partial charge in [0.2, 0.25) is 0 Å². The molecule has 3 aromatic rings. The first kappa shape index (κ1) is 18.2. The van der Waals surface area contributed by atoms with E-state index in [2.05, 4.69) is 15.6 Å². The molecule has 1 amide bonds. The van der Waals surface area contributed by atoms with Crippen LogP contribution in [0.5, 0.6) is 0 Å². The summed E-state index contributed by atoms with van der Waals surface area (Å²) >= 11 is 12.1. The molecule has 2 aromatic carbocycles. The van der Waals surface area contributed by atoms with Crippen molar-refractivity contribution < 1.29 is 4.79 Å². The monoisotopic (exact) mass is 385 g/mol. The van der Waals surface area contributed by atoms with Gasteiger partial charge in [0, 0.05) is 17.8 Å². The van der Waals surface area contributed by atoms with E-state index in [1.165, 1.54) is 11.8 Å². The summed E-state index contributed by atoms with van der Waals surface area (Å²) in [6, 6.07) is 14.9. The minimum absolute atomic E-state index is 0.191. The molecule has 0 radical (unpaired) electrons. The number of pyridine rings is 1. The summed E-state index contributed by atoms with van der Waals surface area (Å²) in [6.45, 7) is 2.49. The summed E-state index contributed by atoms with van der Waals surface area (Å²) in [6.07, 6.45) is 3.15. The Hall–Kier alpha value is -2.56. The predicted octanol–water partition coefficient (Wildman–Crippen LogP) is 5.37. The normalized spacial score (nSPS) is 10.4. The molecule has 26 heavy (non-hydrogen) atoms. The third-order valence-corrected chi connectivity index (χ3v) is 4.33. The Bertz CT molecular complexity index is 927. The van der Waals surface area contributed by atoms with E-state index in [0.29, 0.717) is 33.5 Å². The molecule has 0 saturated carbocycles. The second kappa shape index (κ2) is 8.21. The summed E-state index contributed by atoms with van der Waals surface area (Å²) in [7, 11) is 0. The van der Waals surface area contributed by atoms with Crippen molar-refractivity contribution in [3.05, 3.63) is 87.7 Å². The third kappa shape index (κ3) is 4.75. The average molecular weight is 386 g/mol. The zero-order valence-corrected chi connectivity index (χ0v) is 15.6. The highest BCUT2D eigenvalue weighted by Gasteiger charge is 2.08. The number of hydrogen-bond acceptors (Lipinski definition) is 3. The van der Waals surface area contributed by atoms with Crippen molar-refractivity contribution in [1.82, 2.24) is 10.3 Å². The summed E-state index contributed by atoms with van der Waals surface area (Å²) in [5.41, 5.74) is 4.04. The van der Waals surface area contributed by atoms with Gasteiger partial charge in [0.05, 0.1) is 28.2 Å². The maximum absolute atomic E-state index is 12.4. The first-order valence-electron chi connectivity index (χ1n) is 8.02. The van der Waals surface area contributed by atoms with E-state index in [0.717, 1.165) is 5.56 Å². The SMILES string of the molecule is Cc1ccc(CNC(=O)c2cncc(Nc3ccc(Cl)cc3Cl)c2)cc1. The van der Waals surface area contributed by atoms with Crippen LogP contribution in [0, 0.1) is 6.92 Å². The number of aryl methyl sites for hydroxylation is 1. The van der Waals surface area contributed by atoms with Crippen molar-refractivity contribution in [2.75, 3.05) is 5.32 Å². The molecule has 2 N–H and O–H groups in total. The number of rotatable bonds is 5. The number of amides is 1. The zero-order valence-electron chi connectivity index (χ0n) is 14.1. The largest absolute Gasteiger partial charge is 0.353 e. The van der Waals surface area contributed by atoms with E-state index in [4.69, 9.17) is 23.2 Å². The van der Waals surface area contributed by atoms with Gasteiger partial charge < -0.3 is 10.6 Å². The molecule has 1 heterocycles. The van der Waals surface area contributed by atoms with Gasteiger partial charge in [-0.2, -0.15) is 0 Å². The van der Waals surface area contributed by atoms with Crippen LogP contribution in [0.15, 0.2) is 60.9 Å². The number of benzene rings is 2. The van der Waals surface area contributed by atoms with E-state index < -0.39 is 0 Å². The van der Waals surface area contributed by atoms with E-state index >= 15 is 0 Å². The second-order valence-corrected chi connectivity index (χ2v) is 6.72. The van der Waals surface area contributed by atoms with Crippen LogP contribution in [0.4, 0.5) is 11.4 Å². The van der Waals surface area contributed by atoms with Crippen LogP contribution in [0.3, 0.4) is 0 Å².